The fourth-order valence-corrected chi connectivity index (χ4v) is 1.86. The lowest BCUT2D eigenvalue weighted by Gasteiger charge is -2.18. The number of hydrogen-bond donors (Lipinski definition) is 2. The molecule has 0 spiro atoms. The van der Waals surface area contributed by atoms with Crippen LogP contribution in [0.4, 0.5) is 0 Å². The van der Waals surface area contributed by atoms with Gasteiger partial charge in [-0.1, -0.05) is 18.2 Å². The number of para-hydroxylation sites is 1. The van der Waals surface area contributed by atoms with Gasteiger partial charge in [0.1, 0.15) is 24.9 Å². The SMILES string of the molecule is NC(=O)CN(CC(=O)O)C(=O)c1coc2ccccc12. The van der Waals surface area contributed by atoms with Crippen LogP contribution in [0, 0.1) is 0 Å². The van der Waals surface area contributed by atoms with E-state index >= 15 is 0 Å². The Morgan fingerprint density at radius 3 is 2.55 bits per heavy atom. The van der Waals surface area contributed by atoms with E-state index in [1.807, 2.05) is 0 Å². The number of furan rings is 1. The molecule has 1 aromatic heterocycles. The zero-order chi connectivity index (χ0) is 14.7. The average molecular weight is 276 g/mol. The number of carbonyl (C=O) groups excluding carboxylic acids is 2. The van der Waals surface area contributed by atoms with Crippen LogP contribution >= 0.6 is 0 Å². The molecule has 1 aromatic carbocycles. The molecule has 20 heavy (non-hydrogen) atoms. The lowest BCUT2D eigenvalue weighted by molar-refractivity contribution is -0.138. The van der Waals surface area contributed by atoms with Gasteiger partial charge in [-0.25, -0.2) is 0 Å². The number of nitrogens with two attached hydrogens (primary N) is 1. The van der Waals surface area contributed by atoms with Crippen molar-refractivity contribution in [2.24, 2.45) is 5.73 Å². The van der Waals surface area contributed by atoms with E-state index in [-0.39, 0.29) is 5.56 Å². The quantitative estimate of drug-likeness (QED) is 0.822. The van der Waals surface area contributed by atoms with Crippen LogP contribution in [0.3, 0.4) is 0 Å². The van der Waals surface area contributed by atoms with E-state index < -0.39 is 30.9 Å². The number of fused-ring (bicyclic) bond motifs is 1. The molecule has 0 saturated carbocycles. The Bertz CT molecular complexity index is 660. The average Bonchev–Trinajstić information content (AvgIpc) is 2.79. The van der Waals surface area contributed by atoms with Crippen LogP contribution in [0.25, 0.3) is 11.0 Å². The van der Waals surface area contributed by atoms with Gasteiger partial charge in [0.25, 0.3) is 5.91 Å². The van der Waals surface area contributed by atoms with Crippen molar-refractivity contribution in [3.63, 3.8) is 0 Å². The minimum Gasteiger partial charge on any atom is -0.480 e. The largest absolute Gasteiger partial charge is 0.480 e. The zero-order valence-corrected chi connectivity index (χ0v) is 10.4. The second kappa shape index (κ2) is 5.43. The first kappa shape index (κ1) is 13.6. The standard InChI is InChI=1S/C13H12N2O5/c14-11(16)5-15(6-12(17)18)13(19)9-7-20-10-4-2-1-3-8(9)10/h1-4,7H,5-6H2,(H2,14,16)(H,17,18). The molecule has 2 rings (SSSR count). The Hall–Kier alpha value is -2.83. The molecule has 0 fully saturated rings. The van der Waals surface area contributed by atoms with Crippen molar-refractivity contribution in [2.75, 3.05) is 13.1 Å². The molecule has 0 aliphatic rings. The minimum absolute atomic E-state index is 0.197. The minimum atomic E-state index is -1.23. The zero-order valence-electron chi connectivity index (χ0n) is 10.4. The van der Waals surface area contributed by atoms with Gasteiger partial charge in [-0.2, -0.15) is 0 Å². The second-order valence-corrected chi connectivity index (χ2v) is 4.17. The summed E-state index contributed by atoms with van der Waals surface area (Å²) in [5.41, 5.74) is 5.73. The second-order valence-electron chi connectivity index (χ2n) is 4.17. The number of benzene rings is 1. The van der Waals surface area contributed by atoms with Gasteiger partial charge in [-0.05, 0) is 6.07 Å². The molecule has 0 bridgehead atoms. The third kappa shape index (κ3) is 2.77. The van der Waals surface area contributed by atoms with Crippen LogP contribution in [0.1, 0.15) is 10.4 Å². The molecule has 3 N–H and O–H groups in total. The topological polar surface area (TPSA) is 114 Å². The highest BCUT2D eigenvalue weighted by molar-refractivity contribution is 6.07. The first-order valence-electron chi connectivity index (χ1n) is 5.74. The number of amides is 2. The van der Waals surface area contributed by atoms with Crippen molar-refractivity contribution in [1.29, 1.82) is 0 Å². The Balaban J connectivity index is 2.35. The summed E-state index contributed by atoms with van der Waals surface area (Å²) >= 11 is 0. The number of rotatable bonds is 5. The molecule has 2 aromatic rings. The molecular weight excluding hydrogens is 264 g/mol. The molecule has 2 amide bonds. The lowest BCUT2D eigenvalue weighted by Crippen LogP contribution is -2.41. The maximum atomic E-state index is 12.3. The van der Waals surface area contributed by atoms with Crippen molar-refractivity contribution in [2.45, 2.75) is 0 Å². The Morgan fingerprint density at radius 2 is 1.90 bits per heavy atom. The third-order valence-electron chi connectivity index (χ3n) is 2.67. The van der Waals surface area contributed by atoms with E-state index in [1.54, 1.807) is 24.3 Å². The van der Waals surface area contributed by atoms with Crippen molar-refractivity contribution >= 4 is 28.8 Å². The monoisotopic (exact) mass is 276 g/mol. The molecule has 104 valence electrons. The van der Waals surface area contributed by atoms with Gasteiger partial charge in [0.05, 0.1) is 5.56 Å². The Morgan fingerprint density at radius 1 is 1.20 bits per heavy atom. The molecule has 0 radical (unpaired) electrons. The summed E-state index contributed by atoms with van der Waals surface area (Å²) in [7, 11) is 0. The van der Waals surface area contributed by atoms with Gasteiger partial charge >= 0.3 is 5.97 Å². The highest BCUT2D eigenvalue weighted by atomic mass is 16.4. The van der Waals surface area contributed by atoms with Crippen molar-refractivity contribution in [3.8, 4) is 0 Å². The summed E-state index contributed by atoms with van der Waals surface area (Å²) in [5, 5.41) is 9.34. The maximum Gasteiger partial charge on any atom is 0.323 e. The summed E-state index contributed by atoms with van der Waals surface area (Å²) in [4.78, 5) is 34.8. The molecule has 0 atom stereocenters. The molecule has 7 nitrogen and oxygen atoms in total. The highest BCUT2D eigenvalue weighted by Gasteiger charge is 2.23. The van der Waals surface area contributed by atoms with E-state index in [4.69, 9.17) is 15.3 Å². The Labute approximate surface area is 113 Å². The van der Waals surface area contributed by atoms with Crippen molar-refractivity contribution < 1.29 is 23.9 Å². The van der Waals surface area contributed by atoms with Gasteiger partial charge in [0.2, 0.25) is 5.91 Å². The molecule has 7 heteroatoms. The number of carboxylic acids is 1. The number of aliphatic carboxylic acids is 1. The molecule has 0 unspecified atom stereocenters. The van der Waals surface area contributed by atoms with E-state index in [9.17, 15) is 14.4 Å². The van der Waals surface area contributed by atoms with E-state index in [2.05, 4.69) is 0 Å². The first-order valence-corrected chi connectivity index (χ1v) is 5.74. The number of carboxylic acid groups (broad SMARTS) is 1. The van der Waals surface area contributed by atoms with Crippen LogP contribution in [0.5, 0.6) is 0 Å². The molecule has 1 heterocycles. The summed E-state index contributed by atoms with van der Waals surface area (Å²) in [6.07, 6.45) is 1.24. The number of hydrogen-bond acceptors (Lipinski definition) is 4. The number of primary amides is 1. The lowest BCUT2D eigenvalue weighted by atomic mass is 10.1. The molecule has 0 aliphatic heterocycles. The van der Waals surface area contributed by atoms with Gasteiger partial charge in [-0.15, -0.1) is 0 Å². The summed E-state index contributed by atoms with van der Waals surface area (Å²) < 4.78 is 5.22. The van der Waals surface area contributed by atoms with Gasteiger partial charge in [0, 0.05) is 5.39 Å². The summed E-state index contributed by atoms with van der Waals surface area (Å²) in [5.74, 6) is -2.63. The van der Waals surface area contributed by atoms with Crippen LogP contribution in [0.15, 0.2) is 34.9 Å². The van der Waals surface area contributed by atoms with Crippen molar-refractivity contribution in [3.05, 3.63) is 36.1 Å². The van der Waals surface area contributed by atoms with Gasteiger partial charge in [-0.3, -0.25) is 14.4 Å². The van der Waals surface area contributed by atoms with E-state index in [0.29, 0.717) is 11.0 Å². The third-order valence-corrected chi connectivity index (χ3v) is 2.67. The smallest absolute Gasteiger partial charge is 0.323 e. The first-order chi connectivity index (χ1) is 9.49. The fraction of sp³-hybridized carbons (Fsp3) is 0.154. The molecule has 0 aliphatic carbocycles. The van der Waals surface area contributed by atoms with E-state index in [1.165, 1.54) is 6.26 Å². The molecule has 0 saturated heterocycles. The number of nitrogens with zero attached hydrogens (tertiary/aromatic N) is 1. The van der Waals surface area contributed by atoms with Crippen LogP contribution < -0.4 is 5.73 Å². The Kier molecular flexibility index (Phi) is 3.69. The van der Waals surface area contributed by atoms with Gasteiger partial charge < -0.3 is 20.2 Å². The summed E-state index contributed by atoms with van der Waals surface area (Å²) in [6, 6.07) is 6.83. The van der Waals surface area contributed by atoms with Crippen molar-refractivity contribution in [1.82, 2.24) is 4.90 Å². The van der Waals surface area contributed by atoms with E-state index in [0.717, 1.165) is 4.90 Å². The van der Waals surface area contributed by atoms with Crippen LogP contribution in [0.2, 0.25) is 0 Å². The van der Waals surface area contributed by atoms with Gasteiger partial charge in [0.15, 0.2) is 0 Å². The van der Waals surface area contributed by atoms with Crippen LogP contribution in [-0.4, -0.2) is 40.9 Å². The predicted octanol–water partition coefficient (Wildman–Crippen LogP) is 0.445. The normalized spacial score (nSPS) is 10.4. The fourth-order valence-electron chi connectivity index (χ4n) is 1.86. The number of carbonyl (C=O) groups is 3. The summed E-state index contributed by atoms with van der Waals surface area (Å²) in [6.45, 7) is -1.08. The maximum absolute atomic E-state index is 12.3. The van der Waals surface area contributed by atoms with Crippen LogP contribution in [-0.2, 0) is 9.59 Å². The molecular formula is C13H12N2O5. The highest BCUT2D eigenvalue weighted by Crippen LogP contribution is 2.22. The predicted molar refractivity (Wildman–Crippen MR) is 68.9 cm³/mol.